The van der Waals surface area contributed by atoms with E-state index in [2.05, 4.69) is 10.6 Å². The molecule has 2 aromatic carbocycles. The van der Waals surface area contributed by atoms with Crippen LogP contribution < -0.4 is 10.6 Å². The lowest BCUT2D eigenvalue weighted by atomic mass is 10.0. The van der Waals surface area contributed by atoms with Gasteiger partial charge < -0.3 is 10.6 Å². The van der Waals surface area contributed by atoms with Crippen LogP contribution in [-0.2, 0) is 14.8 Å². The number of halogens is 1. The summed E-state index contributed by atoms with van der Waals surface area (Å²) in [6.45, 7) is 3.96. The minimum absolute atomic E-state index is 0.0415. The highest BCUT2D eigenvalue weighted by atomic mass is 35.5. The lowest BCUT2D eigenvalue weighted by Gasteiger charge is -2.33. The van der Waals surface area contributed by atoms with Gasteiger partial charge in [0.2, 0.25) is 15.9 Å². The summed E-state index contributed by atoms with van der Waals surface area (Å²) >= 11 is 6.23. The topological polar surface area (TPSA) is 95.6 Å². The first-order chi connectivity index (χ1) is 14.7. The molecular weight excluding hydrogens is 438 g/mol. The first kappa shape index (κ1) is 23.2. The molecule has 1 heterocycles. The number of hydrogen-bond donors (Lipinski definition) is 2. The monoisotopic (exact) mass is 463 g/mol. The predicted molar refractivity (Wildman–Crippen MR) is 121 cm³/mol. The molecule has 2 aromatic rings. The smallest absolute Gasteiger partial charge is 0.251 e. The fourth-order valence-corrected chi connectivity index (χ4v) is 5.35. The van der Waals surface area contributed by atoms with Crippen molar-refractivity contribution in [3.8, 4) is 0 Å². The molecule has 0 saturated carbocycles. The molecule has 1 unspecified atom stereocenters. The normalized spacial score (nSPS) is 17.4. The van der Waals surface area contributed by atoms with Crippen LogP contribution in [0.2, 0.25) is 5.02 Å². The molecule has 0 radical (unpaired) electrons. The Morgan fingerprint density at radius 1 is 1.10 bits per heavy atom. The molecule has 1 fully saturated rings. The Bertz CT molecular complexity index is 1060. The van der Waals surface area contributed by atoms with E-state index in [1.165, 1.54) is 28.6 Å². The van der Waals surface area contributed by atoms with E-state index in [9.17, 15) is 18.0 Å². The molecule has 1 aliphatic rings. The summed E-state index contributed by atoms with van der Waals surface area (Å²) < 4.78 is 27.5. The molecule has 1 aliphatic heterocycles. The van der Waals surface area contributed by atoms with Gasteiger partial charge in [-0.05, 0) is 57.0 Å². The van der Waals surface area contributed by atoms with Crippen LogP contribution in [0.5, 0.6) is 0 Å². The third-order valence-corrected chi connectivity index (χ3v) is 7.26. The van der Waals surface area contributed by atoms with Crippen molar-refractivity contribution in [2.45, 2.75) is 50.1 Å². The average Bonchev–Trinajstić information content (AvgIpc) is 2.75. The average molecular weight is 464 g/mol. The van der Waals surface area contributed by atoms with Crippen LogP contribution in [0, 0.1) is 0 Å². The molecule has 9 heteroatoms. The third-order valence-electron chi connectivity index (χ3n) is 5.01. The Hall–Kier alpha value is -2.42. The highest BCUT2D eigenvalue weighted by Crippen LogP contribution is 2.28. The standard InChI is InChI=1S/C22H26ClN3O4S/c1-15(2)24-21(27)16-11-12-18(23)19(14-16)25-22(28)20-10-6-7-13-26(20)31(29,30)17-8-4-3-5-9-17/h3-5,8-9,11-12,14-15,20H,6-7,10,13H2,1-2H3,(H,24,27)(H,25,28). The van der Waals surface area contributed by atoms with E-state index in [1.807, 2.05) is 13.8 Å². The summed E-state index contributed by atoms with van der Waals surface area (Å²) in [7, 11) is -3.82. The van der Waals surface area contributed by atoms with E-state index < -0.39 is 22.0 Å². The van der Waals surface area contributed by atoms with Crippen molar-refractivity contribution < 1.29 is 18.0 Å². The highest BCUT2D eigenvalue weighted by molar-refractivity contribution is 7.89. The molecule has 3 rings (SSSR count). The summed E-state index contributed by atoms with van der Waals surface area (Å²) in [5.41, 5.74) is 0.622. The van der Waals surface area contributed by atoms with Crippen molar-refractivity contribution in [2.24, 2.45) is 0 Å². The van der Waals surface area contributed by atoms with Crippen LogP contribution in [0.3, 0.4) is 0 Å². The van der Waals surface area contributed by atoms with Gasteiger partial charge in [-0.25, -0.2) is 8.42 Å². The van der Waals surface area contributed by atoms with Gasteiger partial charge in [-0.1, -0.05) is 36.2 Å². The van der Waals surface area contributed by atoms with Gasteiger partial charge in [0.25, 0.3) is 5.91 Å². The number of rotatable bonds is 6. The van der Waals surface area contributed by atoms with Crippen LogP contribution >= 0.6 is 11.6 Å². The Kier molecular flexibility index (Phi) is 7.35. The van der Waals surface area contributed by atoms with E-state index >= 15 is 0 Å². The molecule has 2 N–H and O–H groups in total. The molecule has 1 saturated heterocycles. The molecule has 166 valence electrons. The first-order valence-corrected chi connectivity index (χ1v) is 12.0. The number of piperidine rings is 1. The van der Waals surface area contributed by atoms with Crippen molar-refractivity contribution in [1.29, 1.82) is 0 Å². The Morgan fingerprint density at radius 2 is 1.81 bits per heavy atom. The maximum atomic E-state index is 13.1. The van der Waals surface area contributed by atoms with E-state index in [4.69, 9.17) is 11.6 Å². The fourth-order valence-electron chi connectivity index (χ4n) is 3.51. The summed E-state index contributed by atoms with van der Waals surface area (Å²) in [6.07, 6.45) is 1.83. The lowest BCUT2D eigenvalue weighted by molar-refractivity contribution is -0.120. The van der Waals surface area contributed by atoms with Gasteiger partial charge in [0.05, 0.1) is 15.6 Å². The zero-order valence-corrected chi connectivity index (χ0v) is 19.0. The van der Waals surface area contributed by atoms with Crippen LogP contribution in [0.1, 0.15) is 43.5 Å². The van der Waals surface area contributed by atoms with Gasteiger partial charge in [-0.15, -0.1) is 0 Å². The largest absolute Gasteiger partial charge is 0.350 e. The summed E-state index contributed by atoms with van der Waals surface area (Å²) in [4.78, 5) is 25.5. The number of amides is 2. The number of nitrogens with zero attached hydrogens (tertiary/aromatic N) is 1. The van der Waals surface area contributed by atoms with Crippen molar-refractivity contribution in [3.63, 3.8) is 0 Å². The van der Waals surface area contributed by atoms with E-state index in [0.717, 1.165) is 6.42 Å². The molecular formula is C22H26ClN3O4S. The zero-order chi connectivity index (χ0) is 22.6. The summed E-state index contributed by atoms with van der Waals surface area (Å²) in [5.74, 6) is -0.754. The first-order valence-electron chi connectivity index (χ1n) is 10.2. The number of carbonyl (C=O) groups excluding carboxylic acids is 2. The molecule has 0 aliphatic carbocycles. The maximum absolute atomic E-state index is 13.1. The molecule has 7 nitrogen and oxygen atoms in total. The number of sulfonamides is 1. The Morgan fingerprint density at radius 3 is 2.48 bits per heavy atom. The molecule has 0 bridgehead atoms. The van der Waals surface area contributed by atoms with Crippen molar-refractivity contribution in [2.75, 3.05) is 11.9 Å². The van der Waals surface area contributed by atoms with E-state index in [0.29, 0.717) is 18.4 Å². The second kappa shape index (κ2) is 9.80. The van der Waals surface area contributed by atoms with Gasteiger partial charge in [-0.3, -0.25) is 9.59 Å². The van der Waals surface area contributed by atoms with Crippen LogP contribution in [0.4, 0.5) is 5.69 Å². The molecule has 0 spiro atoms. The van der Waals surface area contributed by atoms with E-state index in [-0.39, 0.29) is 34.1 Å². The SMILES string of the molecule is CC(C)NC(=O)c1ccc(Cl)c(NC(=O)C2CCCCN2S(=O)(=O)c2ccccc2)c1. The minimum atomic E-state index is -3.82. The second-order valence-corrected chi connectivity index (χ2v) is 10.1. The second-order valence-electron chi connectivity index (χ2n) is 7.75. The van der Waals surface area contributed by atoms with Crippen molar-refractivity contribution in [1.82, 2.24) is 9.62 Å². The molecule has 31 heavy (non-hydrogen) atoms. The molecule has 0 aromatic heterocycles. The lowest BCUT2D eigenvalue weighted by Crippen LogP contribution is -2.49. The minimum Gasteiger partial charge on any atom is -0.350 e. The van der Waals surface area contributed by atoms with Gasteiger partial charge in [0.1, 0.15) is 6.04 Å². The predicted octanol–water partition coefficient (Wildman–Crippen LogP) is 3.66. The Labute approximate surface area is 187 Å². The van der Waals surface area contributed by atoms with Gasteiger partial charge in [0.15, 0.2) is 0 Å². The van der Waals surface area contributed by atoms with Gasteiger partial charge in [-0.2, -0.15) is 4.31 Å². The van der Waals surface area contributed by atoms with Crippen LogP contribution in [0.25, 0.3) is 0 Å². The summed E-state index contributed by atoms with van der Waals surface area (Å²) in [6, 6.07) is 11.8. The molecule has 2 amide bonds. The van der Waals surface area contributed by atoms with E-state index in [1.54, 1.807) is 24.3 Å². The number of hydrogen-bond acceptors (Lipinski definition) is 4. The quantitative estimate of drug-likeness (QED) is 0.683. The number of anilines is 1. The molecule has 1 atom stereocenters. The van der Waals surface area contributed by atoms with Crippen LogP contribution in [0.15, 0.2) is 53.4 Å². The number of nitrogens with one attached hydrogen (secondary N) is 2. The van der Waals surface area contributed by atoms with Crippen LogP contribution in [-0.4, -0.2) is 43.2 Å². The third kappa shape index (κ3) is 5.44. The van der Waals surface area contributed by atoms with Gasteiger partial charge in [0, 0.05) is 18.2 Å². The zero-order valence-electron chi connectivity index (χ0n) is 17.5. The number of carbonyl (C=O) groups is 2. The number of benzene rings is 2. The maximum Gasteiger partial charge on any atom is 0.251 e. The fraction of sp³-hybridized carbons (Fsp3) is 0.364. The highest BCUT2D eigenvalue weighted by Gasteiger charge is 2.37. The summed E-state index contributed by atoms with van der Waals surface area (Å²) in [5, 5.41) is 5.78. The van der Waals surface area contributed by atoms with Gasteiger partial charge >= 0.3 is 0 Å². The Balaban J connectivity index is 1.84. The van der Waals surface area contributed by atoms with Crippen molar-refractivity contribution in [3.05, 3.63) is 59.1 Å². The van der Waals surface area contributed by atoms with Crippen molar-refractivity contribution >= 4 is 39.1 Å².